The van der Waals surface area contributed by atoms with Crippen molar-refractivity contribution in [3.63, 3.8) is 0 Å². The highest BCUT2D eigenvalue weighted by molar-refractivity contribution is 5.89. The normalized spacial score (nSPS) is 18.7. The molecule has 0 spiro atoms. The van der Waals surface area contributed by atoms with Crippen LogP contribution in [0.1, 0.15) is 37.3 Å². The highest BCUT2D eigenvalue weighted by Gasteiger charge is 2.34. The molecule has 1 fully saturated rings. The Morgan fingerprint density at radius 1 is 1.38 bits per heavy atom. The Hall–Kier alpha value is -1.88. The minimum Gasteiger partial charge on any atom is -0.396 e. The second kappa shape index (κ2) is 8.83. The molecule has 2 atom stereocenters. The molecule has 24 heavy (non-hydrogen) atoms. The second-order valence-electron chi connectivity index (χ2n) is 6.69. The molecule has 1 aliphatic rings. The van der Waals surface area contributed by atoms with E-state index in [1.807, 2.05) is 31.2 Å². The number of hydrogen-bond donors (Lipinski definition) is 2. The van der Waals surface area contributed by atoms with Gasteiger partial charge in [-0.05, 0) is 24.8 Å². The first-order chi connectivity index (χ1) is 11.5. The zero-order valence-electron chi connectivity index (χ0n) is 14.6. The van der Waals surface area contributed by atoms with Crippen LogP contribution in [0.25, 0.3) is 0 Å². The number of likely N-dealkylation sites (tertiary alicyclic amines) is 1. The Kier molecular flexibility index (Phi) is 6.79. The molecule has 1 aromatic rings. The lowest BCUT2D eigenvalue weighted by Crippen LogP contribution is -2.36. The van der Waals surface area contributed by atoms with Gasteiger partial charge >= 0.3 is 0 Å². The zero-order chi connectivity index (χ0) is 17.5. The molecule has 2 N–H and O–H groups in total. The summed E-state index contributed by atoms with van der Waals surface area (Å²) in [7, 11) is 0. The Balaban J connectivity index is 1.84. The third-order valence-electron chi connectivity index (χ3n) is 4.76. The van der Waals surface area contributed by atoms with Crippen LogP contribution in [0.4, 0.5) is 0 Å². The van der Waals surface area contributed by atoms with Gasteiger partial charge in [0.25, 0.3) is 0 Å². The summed E-state index contributed by atoms with van der Waals surface area (Å²) in [5, 5.41) is 12.0. The summed E-state index contributed by atoms with van der Waals surface area (Å²) in [5.41, 5.74) is 2.28. The third kappa shape index (κ3) is 5.06. The highest BCUT2D eigenvalue weighted by Crippen LogP contribution is 2.21. The van der Waals surface area contributed by atoms with Gasteiger partial charge < -0.3 is 15.3 Å². The fraction of sp³-hybridized carbons (Fsp3) is 0.579. The Bertz CT molecular complexity index is 556. The number of aliphatic hydroxyl groups excluding tert-OH is 1. The summed E-state index contributed by atoms with van der Waals surface area (Å²) in [4.78, 5) is 26.2. The minimum absolute atomic E-state index is 0.0399. The van der Waals surface area contributed by atoms with Crippen LogP contribution in [-0.4, -0.2) is 41.5 Å². The van der Waals surface area contributed by atoms with E-state index in [1.54, 1.807) is 4.90 Å². The van der Waals surface area contributed by atoms with Gasteiger partial charge in [0.2, 0.25) is 11.8 Å². The minimum atomic E-state index is -0.269. The van der Waals surface area contributed by atoms with E-state index in [2.05, 4.69) is 12.2 Å². The summed E-state index contributed by atoms with van der Waals surface area (Å²) >= 11 is 0. The number of benzene rings is 1. The predicted molar refractivity (Wildman–Crippen MR) is 93.2 cm³/mol. The molecule has 5 heteroatoms. The molecular weight excluding hydrogens is 304 g/mol. The quantitative estimate of drug-likeness (QED) is 0.763. The standard InChI is InChI=1S/C19H28N2O3/c1-3-15(8-9-22)11-20-19(24)17-10-18(23)21(13-17)12-16-6-4-14(2)5-7-16/h4-7,15,17,22H,3,8-13H2,1-2H3,(H,20,24). The fourth-order valence-corrected chi connectivity index (χ4v) is 3.04. The maximum atomic E-state index is 12.3. The molecule has 2 unspecified atom stereocenters. The van der Waals surface area contributed by atoms with Crippen molar-refractivity contribution in [3.8, 4) is 0 Å². The lowest BCUT2D eigenvalue weighted by Gasteiger charge is -2.18. The Morgan fingerprint density at radius 2 is 2.08 bits per heavy atom. The topological polar surface area (TPSA) is 69.6 Å². The lowest BCUT2D eigenvalue weighted by molar-refractivity contribution is -0.129. The van der Waals surface area contributed by atoms with E-state index in [0.29, 0.717) is 32.0 Å². The van der Waals surface area contributed by atoms with Crippen LogP contribution in [0, 0.1) is 18.8 Å². The zero-order valence-corrected chi connectivity index (χ0v) is 14.6. The van der Waals surface area contributed by atoms with Crippen LogP contribution >= 0.6 is 0 Å². The van der Waals surface area contributed by atoms with Crippen molar-refractivity contribution in [3.05, 3.63) is 35.4 Å². The average Bonchev–Trinajstić information content (AvgIpc) is 2.94. The van der Waals surface area contributed by atoms with E-state index in [4.69, 9.17) is 5.11 Å². The summed E-state index contributed by atoms with van der Waals surface area (Å²) in [6, 6.07) is 8.12. The smallest absolute Gasteiger partial charge is 0.225 e. The van der Waals surface area contributed by atoms with Crippen LogP contribution < -0.4 is 5.32 Å². The maximum Gasteiger partial charge on any atom is 0.225 e. The van der Waals surface area contributed by atoms with Crippen molar-refractivity contribution >= 4 is 11.8 Å². The summed E-state index contributed by atoms with van der Waals surface area (Å²) in [6.07, 6.45) is 1.90. The van der Waals surface area contributed by atoms with Gasteiger partial charge in [-0.25, -0.2) is 0 Å². The molecule has 0 radical (unpaired) electrons. The van der Waals surface area contributed by atoms with Crippen LogP contribution in [0.3, 0.4) is 0 Å². The number of aryl methyl sites for hydroxylation is 1. The second-order valence-corrected chi connectivity index (χ2v) is 6.69. The number of carbonyl (C=O) groups is 2. The Morgan fingerprint density at radius 3 is 2.71 bits per heavy atom. The number of carbonyl (C=O) groups excluding carboxylic acids is 2. The van der Waals surface area contributed by atoms with Crippen molar-refractivity contribution in [2.45, 2.75) is 39.7 Å². The molecular formula is C19H28N2O3. The number of rotatable bonds is 8. The van der Waals surface area contributed by atoms with E-state index in [1.165, 1.54) is 5.56 Å². The van der Waals surface area contributed by atoms with Crippen LogP contribution in [0.2, 0.25) is 0 Å². The summed E-state index contributed by atoms with van der Waals surface area (Å²) in [6.45, 7) is 5.83. The van der Waals surface area contributed by atoms with Crippen molar-refractivity contribution in [1.29, 1.82) is 0 Å². The van der Waals surface area contributed by atoms with Gasteiger partial charge in [-0.1, -0.05) is 43.2 Å². The largest absolute Gasteiger partial charge is 0.396 e. The molecule has 0 aromatic heterocycles. The van der Waals surface area contributed by atoms with Crippen molar-refractivity contribution in [2.75, 3.05) is 19.7 Å². The van der Waals surface area contributed by atoms with Gasteiger partial charge in [-0.2, -0.15) is 0 Å². The van der Waals surface area contributed by atoms with E-state index < -0.39 is 0 Å². The van der Waals surface area contributed by atoms with Crippen LogP contribution in [0.5, 0.6) is 0 Å². The number of aliphatic hydroxyl groups is 1. The fourth-order valence-electron chi connectivity index (χ4n) is 3.04. The maximum absolute atomic E-state index is 12.3. The first-order valence-corrected chi connectivity index (χ1v) is 8.75. The molecule has 1 saturated heterocycles. The van der Waals surface area contributed by atoms with E-state index >= 15 is 0 Å². The van der Waals surface area contributed by atoms with Crippen LogP contribution in [0.15, 0.2) is 24.3 Å². The van der Waals surface area contributed by atoms with Crippen molar-refractivity contribution < 1.29 is 14.7 Å². The summed E-state index contributed by atoms with van der Waals surface area (Å²) < 4.78 is 0. The average molecular weight is 332 g/mol. The van der Waals surface area contributed by atoms with Crippen molar-refractivity contribution in [2.24, 2.45) is 11.8 Å². The molecule has 0 saturated carbocycles. The predicted octanol–water partition coefficient (Wildman–Crippen LogP) is 1.87. The van der Waals surface area contributed by atoms with Crippen LogP contribution in [-0.2, 0) is 16.1 Å². The monoisotopic (exact) mass is 332 g/mol. The highest BCUT2D eigenvalue weighted by atomic mass is 16.3. The Labute approximate surface area is 144 Å². The first-order valence-electron chi connectivity index (χ1n) is 8.75. The van der Waals surface area contributed by atoms with Gasteiger partial charge in [-0.3, -0.25) is 9.59 Å². The number of hydrogen-bond acceptors (Lipinski definition) is 3. The molecule has 2 rings (SSSR count). The third-order valence-corrected chi connectivity index (χ3v) is 4.76. The lowest BCUT2D eigenvalue weighted by atomic mass is 10.0. The number of nitrogens with zero attached hydrogens (tertiary/aromatic N) is 1. The first kappa shape index (κ1) is 18.5. The van der Waals surface area contributed by atoms with E-state index in [9.17, 15) is 9.59 Å². The van der Waals surface area contributed by atoms with Gasteiger partial charge in [0.1, 0.15) is 0 Å². The molecule has 5 nitrogen and oxygen atoms in total. The van der Waals surface area contributed by atoms with Gasteiger partial charge in [0.15, 0.2) is 0 Å². The molecule has 0 bridgehead atoms. The van der Waals surface area contributed by atoms with E-state index in [0.717, 1.165) is 12.0 Å². The molecule has 1 aliphatic heterocycles. The van der Waals surface area contributed by atoms with Crippen molar-refractivity contribution in [1.82, 2.24) is 10.2 Å². The van der Waals surface area contributed by atoms with E-state index in [-0.39, 0.29) is 30.8 Å². The number of nitrogens with one attached hydrogen (secondary N) is 1. The molecule has 1 aromatic carbocycles. The summed E-state index contributed by atoms with van der Waals surface area (Å²) in [5.74, 6) is 0.0126. The SMILES string of the molecule is CCC(CCO)CNC(=O)C1CC(=O)N(Cc2ccc(C)cc2)C1. The molecule has 2 amide bonds. The van der Waals surface area contributed by atoms with Gasteiger partial charge in [0.05, 0.1) is 5.92 Å². The van der Waals surface area contributed by atoms with Gasteiger partial charge in [0, 0.05) is 32.7 Å². The molecule has 0 aliphatic carbocycles. The molecule has 1 heterocycles. The number of amides is 2. The van der Waals surface area contributed by atoms with Gasteiger partial charge in [-0.15, -0.1) is 0 Å². The molecule has 132 valence electrons.